The van der Waals surface area contributed by atoms with Gasteiger partial charge in [-0.2, -0.15) is 0 Å². The van der Waals surface area contributed by atoms with E-state index in [0.717, 1.165) is 38.2 Å². The van der Waals surface area contributed by atoms with Crippen LogP contribution < -0.4 is 4.74 Å². The molecular formula is C21H28O2. The van der Waals surface area contributed by atoms with Crippen molar-refractivity contribution in [3.05, 3.63) is 65.7 Å². The fourth-order valence-corrected chi connectivity index (χ4v) is 2.43. The van der Waals surface area contributed by atoms with Gasteiger partial charge in [0.25, 0.3) is 0 Å². The van der Waals surface area contributed by atoms with E-state index in [-0.39, 0.29) is 0 Å². The summed E-state index contributed by atoms with van der Waals surface area (Å²) >= 11 is 0. The maximum Gasteiger partial charge on any atom is 0.119 e. The lowest BCUT2D eigenvalue weighted by Gasteiger charge is -2.08. The van der Waals surface area contributed by atoms with Crippen molar-refractivity contribution in [1.29, 1.82) is 0 Å². The van der Waals surface area contributed by atoms with Crippen molar-refractivity contribution in [1.82, 2.24) is 0 Å². The molecule has 0 aliphatic rings. The van der Waals surface area contributed by atoms with E-state index in [1.807, 2.05) is 24.3 Å². The van der Waals surface area contributed by atoms with E-state index >= 15 is 0 Å². The Morgan fingerprint density at radius 1 is 0.783 bits per heavy atom. The van der Waals surface area contributed by atoms with Crippen LogP contribution in [-0.4, -0.2) is 13.2 Å². The Bertz CT molecular complexity index is 537. The van der Waals surface area contributed by atoms with Gasteiger partial charge in [-0.3, -0.25) is 0 Å². The average molecular weight is 312 g/mol. The van der Waals surface area contributed by atoms with Crippen LogP contribution in [0.1, 0.15) is 43.7 Å². The number of hydrogen-bond donors (Lipinski definition) is 0. The molecule has 0 fully saturated rings. The quantitative estimate of drug-likeness (QED) is 0.517. The van der Waals surface area contributed by atoms with Crippen molar-refractivity contribution in [3.8, 4) is 5.75 Å². The minimum Gasteiger partial charge on any atom is -0.494 e. The van der Waals surface area contributed by atoms with Gasteiger partial charge in [-0.05, 0) is 48.9 Å². The lowest BCUT2D eigenvalue weighted by Crippen LogP contribution is -2.01. The van der Waals surface area contributed by atoms with Crippen LogP contribution in [0.15, 0.2) is 54.6 Å². The monoisotopic (exact) mass is 312 g/mol. The van der Waals surface area contributed by atoms with E-state index in [9.17, 15) is 0 Å². The molecule has 0 heterocycles. The second-order valence-electron chi connectivity index (χ2n) is 5.84. The molecule has 23 heavy (non-hydrogen) atoms. The molecule has 2 rings (SSSR count). The van der Waals surface area contributed by atoms with E-state index in [4.69, 9.17) is 9.47 Å². The molecule has 0 atom stereocenters. The van der Waals surface area contributed by atoms with E-state index in [2.05, 4.69) is 37.3 Å². The smallest absolute Gasteiger partial charge is 0.119 e. The van der Waals surface area contributed by atoms with E-state index in [1.165, 1.54) is 24.0 Å². The minimum absolute atomic E-state index is 0.696. The maximum absolute atomic E-state index is 5.84. The van der Waals surface area contributed by atoms with Gasteiger partial charge in [0.1, 0.15) is 5.75 Å². The molecule has 2 nitrogen and oxygen atoms in total. The molecule has 0 bridgehead atoms. The predicted octanol–water partition coefficient (Wildman–Crippen LogP) is 5.41. The van der Waals surface area contributed by atoms with Gasteiger partial charge in [0, 0.05) is 6.61 Å². The first-order valence-electron chi connectivity index (χ1n) is 8.72. The lowest BCUT2D eigenvalue weighted by atomic mass is 10.1. The van der Waals surface area contributed by atoms with Crippen LogP contribution in [0.4, 0.5) is 0 Å². The highest BCUT2D eigenvalue weighted by Crippen LogP contribution is 2.15. The molecule has 0 N–H and O–H groups in total. The van der Waals surface area contributed by atoms with Crippen molar-refractivity contribution < 1.29 is 9.47 Å². The summed E-state index contributed by atoms with van der Waals surface area (Å²) in [4.78, 5) is 0. The number of ether oxygens (including phenoxy) is 2. The number of hydrogen-bond acceptors (Lipinski definition) is 2. The molecule has 0 aliphatic carbocycles. The Morgan fingerprint density at radius 3 is 2.39 bits per heavy atom. The first-order chi connectivity index (χ1) is 11.4. The zero-order valence-electron chi connectivity index (χ0n) is 14.2. The van der Waals surface area contributed by atoms with Gasteiger partial charge in [0.2, 0.25) is 0 Å². The van der Waals surface area contributed by atoms with Gasteiger partial charge in [-0.25, -0.2) is 0 Å². The van der Waals surface area contributed by atoms with Crippen LogP contribution in [0.3, 0.4) is 0 Å². The molecule has 2 aromatic rings. The highest BCUT2D eigenvalue weighted by Gasteiger charge is 1.98. The van der Waals surface area contributed by atoms with Gasteiger partial charge in [0.15, 0.2) is 0 Å². The molecule has 2 heteroatoms. The molecule has 0 amide bonds. The third-order valence-electron chi connectivity index (χ3n) is 3.78. The number of benzene rings is 2. The van der Waals surface area contributed by atoms with Gasteiger partial charge in [-0.15, -0.1) is 0 Å². The van der Waals surface area contributed by atoms with E-state index in [0.29, 0.717) is 6.61 Å². The SMILES string of the molecule is CCCCc1cccc(OCCCCOCc2ccccc2)c1. The number of rotatable bonds is 11. The molecule has 0 spiro atoms. The average Bonchev–Trinajstić information content (AvgIpc) is 2.60. The first-order valence-corrected chi connectivity index (χ1v) is 8.72. The molecule has 0 aliphatic heterocycles. The lowest BCUT2D eigenvalue weighted by molar-refractivity contribution is 0.113. The maximum atomic E-state index is 5.84. The van der Waals surface area contributed by atoms with Crippen LogP contribution >= 0.6 is 0 Å². The molecule has 0 unspecified atom stereocenters. The molecule has 0 saturated heterocycles. The Labute approximate surface area is 140 Å². The van der Waals surface area contributed by atoms with E-state index < -0.39 is 0 Å². The highest BCUT2D eigenvalue weighted by atomic mass is 16.5. The van der Waals surface area contributed by atoms with E-state index in [1.54, 1.807) is 0 Å². The largest absolute Gasteiger partial charge is 0.494 e. The van der Waals surface area contributed by atoms with Crippen LogP contribution in [0.2, 0.25) is 0 Å². The third-order valence-corrected chi connectivity index (χ3v) is 3.78. The number of unbranched alkanes of at least 4 members (excludes halogenated alkanes) is 2. The normalized spacial score (nSPS) is 10.7. The zero-order chi connectivity index (χ0) is 16.2. The summed E-state index contributed by atoms with van der Waals surface area (Å²) in [5.41, 5.74) is 2.60. The summed E-state index contributed by atoms with van der Waals surface area (Å²) in [5.74, 6) is 0.990. The summed E-state index contributed by atoms with van der Waals surface area (Å²) in [6.07, 6.45) is 5.66. The van der Waals surface area contributed by atoms with Crippen LogP contribution in [-0.2, 0) is 17.8 Å². The predicted molar refractivity (Wildman–Crippen MR) is 95.9 cm³/mol. The van der Waals surface area contributed by atoms with Crippen molar-refractivity contribution in [2.24, 2.45) is 0 Å². The Hall–Kier alpha value is -1.80. The van der Waals surface area contributed by atoms with Crippen LogP contribution in [0.5, 0.6) is 5.75 Å². The van der Waals surface area contributed by atoms with Crippen molar-refractivity contribution in [2.75, 3.05) is 13.2 Å². The Balaban J connectivity index is 1.55. The van der Waals surface area contributed by atoms with Gasteiger partial charge in [0.05, 0.1) is 13.2 Å². The molecule has 0 aromatic heterocycles. The van der Waals surface area contributed by atoms with Crippen LogP contribution in [0, 0.1) is 0 Å². The van der Waals surface area contributed by atoms with Crippen molar-refractivity contribution in [2.45, 2.75) is 45.6 Å². The summed E-state index contributed by atoms with van der Waals surface area (Å²) in [5, 5.41) is 0. The zero-order valence-corrected chi connectivity index (χ0v) is 14.2. The fraction of sp³-hybridized carbons (Fsp3) is 0.429. The standard InChI is InChI=1S/C21H28O2/c1-2-3-10-19-13-9-14-21(17-19)23-16-8-7-15-22-18-20-11-5-4-6-12-20/h4-6,9,11-14,17H,2-3,7-8,10,15-16,18H2,1H3. The van der Waals surface area contributed by atoms with Gasteiger partial charge >= 0.3 is 0 Å². The summed E-state index contributed by atoms with van der Waals surface area (Å²) in [7, 11) is 0. The van der Waals surface area contributed by atoms with Crippen LogP contribution in [0.25, 0.3) is 0 Å². The summed E-state index contributed by atoms with van der Waals surface area (Å²) in [6, 6.07) is 18.8. The third kappa shape index (κ3) is 7.34. The molecule has 2 aromatic carbocycles. The summed E-state index contributed by atoms with van der Waals surface area (Å²) in [6.45, 7) is 4.46. The van der Waals surface area contributed by atoms with Crippen molar-refractivity contribution in [3.63, 3.8) is 0 Å². The van der Waals surface area contributed by atoms with Gasteiger partial charge in [-0.1, -0.05) is 55.8 Å². The topological polar surface area (TPSA) is 18.5 Å². The van der Waals surface area contributed by atoms with Crippen molar-refractivity contribution >= 4 is 0 Å². The molecule has 0 radical (unpaired) electrons. The summed E-state index contributed by atoms with van der Waals surface area (Å²) < 4.78 is 11.5. The molecule has 0 saturated carbocycles. The second-order valence-corrected chi connectivity index (χ2v) is 5.84. The number of aryl methyl sites for hydroxylation is 1. The minimum atomic E-state index is 0.696. The fourth-order valence-electron chi connectivity index (χ4n) is 2.43. The molecule has 124 valence electrons. The Morgan fingerprint density at radius 2 is 1.57 bits per heavy atom. The Kier molecular flexibility index (Phi) is 8.28. The molecular weight excluding hydrogens is 284 g/mol. The second kappa shape index (κ2) is 10.8. The highest BCUT2D eigenvalue weighted by molar-refractivity contribution is 5.28. The van der Waals surface area contributed by atoms with Gasteiger partial charge < -0.3 is 9.47 Å². The first kappa shape index (κ1) is 17.6.